The molecule has 4 rings (SSSR count). The van der Waals surface area contributed by atoms with Crippen molar-refractivity contribution in [3.63, 3.8) is 0 Å². The van der Waals surface area contributed by atoms with E-state index in [1.165, 1.54) is 0 Å². The number of rotatable bonds is 0. The lowest BCUT2D eigenvalue weighted by Crippen LogP contribution is -2.43. The standard InChI is InChI=1S/C14H12N2O3/c17-12-9-6-8-3-1-2-7-4-5-10(16-19)14(9,11(7)8)13(18)15-12/h2,4-5,9,19H,1,3,6H2,(H,15,17,18)/b16-10-. The van der Waals surface area contributed by atoms with Gasteiger partial charge in [-0.1, -0.05) is 22.9 Å². The van der Waals surface area contributed by atoms with Crippen LogP contribution in [0, 0.1) is 11.3 Å². The summed E-state index contributed by atoms with van der Waals surface area (Å²) in [4.78, 5) is 24.4. The van der Waals surface area contributed by atoms with Crippen molar-refractivity contribution in [2.24, 2.45) is 16.5 Å². The number of allylic oxidation sites excluding steroid dienone is 5. The van der Waals surface area contributed by atoms with Crippen LogP contribution in [0.2, 0.25) is 0 Å². The van der Waals surface area contributed by atoms with Crippen molar-refractivity contribution in [1.82, 2.24) is 5.32 Å². The summed E-state index contributed by atoms with van der Waals surface area (Å²) in [6, 6.07) is 0. The molecule has 2 amide bonds. The van der Waals surface area contributed by atoms with E-state index in [-0.39, 0.29) is 17.5 Å². The third kappa shape index (κ3) is 1.01. The molecule has 0 aromatic carbocycles. The summed E-state index contributed by atoms with van der Waals surface area (Å²) in [5.41, 5.74) is 2.27. The Morgan fingerprint density at radius 2 is 2.21 bits per heavy atom. The molecule has 2 atom stereocenters. The SMILES string of the molecule is O=C1NC(=O)C23C4=C(CCC=C4C=C/C2=N/O)CC13. The maximum Gasteiger partial charge on any atom is 0.244 e. The highest BCUT2D eigenvalue weighted by Crippen LogP contribution is 2.58. The number of oxime groups is 1. The molecule has 1 fully saturated rings. The van der Waals surface area contributed by atoms with Crippen LogP contribution in [0.15, 0.2) is 40.1 Å². The average Bonchev–Trinajstić information content (AvgIpc) is 2.88. The second-order valence-electron chi connectivity index (χ2n) is 5.38. The molecule has 0 aromatic rings. The highest BCUT2D eigenvalue weighted by molar-refractivity contribution is 6.27. The van der Waals surface area contributed by atoms with Gasteiger partial charge in [0.15, 0.2) is 0 Å². The van der Waals surface area contributed by atoms with Crippen LogP contribution in [0.4, 0.5) is 0 Å². The number of amides is 2. The lowest BCUT2D eigenvalue weighted by molar-refractivity contribution is -0.126. The minimum Gasteiger partial charge on any atom is -0.411 e. The Morgan fingerprint density at radius 1 is 1.37 bits per heavy atom. The first kappa shape index (κ1) is 10.7. The summed E-state index contributed by atoms with van der Waals surface area (Å²) in [7, 11) is 0. The van der Waals surface area contributed by atoms with Gasteiger partial charge in [0.1, 0.15) is 11.1 Å². The van der Waals surface area contributed by atoms with Crippen LogP contribution < -0.4 is 5.32 Å². The van der Waals surface area contributed by atoms with E-state index in [9.17, 15) is 14.8 Å². The maximum absolute atomic E-state index is 12.4. The minimum absolute atomic E-state index is 0.254. The quantitative estimate of drug-likeness (QED) is 0.386. The fourth-order valence-corrected chi connectivity index (χ4v) is 3.96. The molecule has 3 aliphatic carbocycles. The van der Waals surface area contributed by atoms with E-state index in [1.54, 1.807) is 6.08 Å². The van der Waals surface area contributed by atoms with Crippen molar-refractivity contribution in [2.75, 3.05) is 0 Å². The molecular formula is C14H12N2O3. The lowest BCUT2D eigenvalue weighted by atomic mass is 9.66. The van der Waals surface area contributed by atoms with Gasteiger partial charge in [-0.15, -0.1) is 0 Å². The molecule has 19 heavy (non-hydrogen) atoms. The van der Waals surface area contributed by atoms with Crippen LogP contribution in [-0.4, -0.2) is 22.7 Å². The summed E-state index contributed by atoms with van der Waals surface area (Å²) < 4.78 is 0. The molecule has 0 radical (unpaired) electrons. The molecule has 1 spiro atoms. The van der Waals surface area contributed by atoms with E-state index in [1.807, 2.05) is 6.08 Å². The maximum atomic E-state index is 12.4. The topological polar surface area (TPSA) is 78.8 Å². The van der Waals surface area contributed by atoms with E-state index < -0.39 is 11.3 Å². The van der Waals surface area contributed by atoms with Gasteiger partial charge < -0.3 is 5.21 Å². The molecule has 0 aromatic heterocycles. The van der Waals surface area contributed by atoms with Crippen molar-refractivity contribution in [3.05, 3.63) is 34.9 Å². The van der Waals surface area contributed by atoms with Gasteiger partial charge in [0, 0.05) is 0 Å². The van der Waals surface area contributed by atoms with E-state index in [4.69, 9.17) is 0 Å². The van der Waals surface area contributed by atoms with Crippen LogP contribution in [0.5, 0.6) is 0 Å². The number of hydrogen-bond donors (Lipinski definition) is 2. The van der Waals surface area contributed by atoms with Crippen LogP contribution >= 0.6 is 0 Å². The molecule has 1 saturated heterocycles. The molecule has 1 aliphatic heterocycles. The van der Waals surface area contributed by atoms with Gasteiger partial charge in [-0.2, -0.15) is 0 Å². The highest BCUT2D eigenvalue weighted by Gasteiger charge is 2.65. The monoisotopic (exact) mass is 256 g/mol. The van der Waals surface area contributed by atoms with Gasteiger partial charge in [0.25, 0.3) is 0 Å². The smallest absolute Gasteiger partial charge is 0.244 e. The second-order valence-corrected chi connectivity index (χ2v) is 5.38. The molecule has 0 saturated carbocycles. The van der Waals surface area contributed by atoms with Crippen LogP contribution in [0.1, 0.15) is 19.3 Å². The number of hydrogen-bond acceptors (Lipinski definition) is 4. The summed E-state index contributed by atoms with van der Waals surface area (Å²) in [6.07, 6.45) is 8.00. The third-order valence-electron chi connectivity index (χ3n) is 4.66. The summed E-state index contributed by atoms with van der Waals surface area (Å²) in [5.74, 6) is -1.06. The predicted molar refractivity (Wildman–Crippen MR) is 66.4 cm³/mol. The molecule has 2 N–H and O–H groups in total. The Hall–Kier alpha value is -2.17. The summed E-state index contributed by atoms with van der Waals surface area (Å²) in [5, 5.41) is 14.9. The average molecular weight is 256 g/mol. The van der Waals surface area contributed by atoms with Crippen molar-refractivity contribution >= 4 is 17.5 Å². The van der Waals surface area contributed by atoms with Crippen molar-refractivity contribution in [1.29, 1.82) is 0 Å². The molecule has 1 heterocycles. The Labute approximate surface area is 109 Å². The molecule has 2 unspecified atom stereocenters. The number of imide groups is 1. The van der Waals surface area contributed by atoms with Crippen molar-refractivity contribution < 1.29 is 14.8 Å². The molecule has 4 aliphatic rings. The van der Waals surface area contributed by atoms with Gasteiger partial charge in [0.2, 0.25) is 11.8 Å². The zero-order chi connectivity index (χ0) is 13.2. The molecule has 5 heteroatoms. The molecule has 5 nitrogen and oxygen atoms in total. The van der Waals surface area contributed by atoms with Crippen molar-refractivity contribution in [3.8, 4) is 0 Å². The van der Waals surface area contributed by atoms with E-state index >= 15 is 0 Å². The minimum atomic E-state index is -1.08. The summed E-state index contributed by atoms with van der Waals surface area (Å²) >= 11 is 0. The fourth-order valence-electron chi connectivity index (χ4n) is 3.96. The normalized spacial score (nSPS) is 37.4. The van der Waals surface area contributed by atoms with Crippen molar-refractivity contribution in [2.45, 2.75) is 19.3 Å². The number of carbonyl (C=O) groups is 2. The number of carbonyl (C=O) groups excluding carboxylic acids is 2. The van der Waals surface area contributed by atoms with E-state index in [2.05, 4.69) is 16.5 Å². The number of nitrogens with zero attached hydrogens (tertiary/aromatic N) is 1. The zero-order valence-electron chi connectivity index (χ0n) is 10.1. The predicted octanol–water partition coefficient (Wildman–Crippen LogP) is 1.07. The first-order valence-electron chi connectivity index (χ1n) is 6.38. The van der Waals surface area contributed by atoms with Gasteiger partial charge in [-0.25, -0.2) is 0 Å². The highest BCUT2D eigenvalue weighted by atomic mass is 16.4. The van der Waals surface area contributed by atoms with Gasteiger partial charge in [-0.3, -0.25) is 14.9 Å². The largest absolute Gasteiger partial charge is 0.411 e. The van der Waals surface area contributed by atoms with Gasteiger partial charge in [0.05, 0.1) is 5.92 Å². The van der Waals surface area contributed by atoms with Gasteiger partial charge in [-0.05, 0) is 36.5 Å². The Bertz CT molecular complexity index is 654. The van der Waals surface area contributed by atoms with Crippen LogP contribution in [0.25, 0.3) is 0 Å². The third-order valence-corrected chi connectivity index (χ3v) is 4.66. The van der Waals surface area contributed by atoms with Crippen LogP contribution in [0.3, 0.4) is 0 Å². The first-order valence-corrected chi connectivity index (χ1v) is 6.38. The fraction of sp³-hybridized carbons (Fsp3) is 0.357. The summed E-state index contributed by atoms with van der Waals surface area (Å²) in [6.45, 7) is 0. The lowest BCUT2D eigenvalue weighted by Gasteiger charge is -2.33. The van der Waals surface area contributed by atoms with Gasteiger partial charge >= 0.3 is 0 Å². The van der Waals surface area contributed by atoms with Crippen LogP contribution in [-0.2, 0) is 9.59 Å². The second kappa shape index (κ2) is 3.23. The zero-order valence-corrected chi connectivity index (χ0v) is 10.1. The molecular weight excluding hydrogens is 244 g/mol. The molecule has 0 bridgehead atoms. The van der Waals surface area contributed by atoms with E-state index in [0.29, 0.717) is 6.42 Å². The number of nitrogens with one attached hydrogen (secondary N) is 1. The molecule has 96 valence electrons. The van der Waals surface area contributed by atoms with E-state index in [0.717, 1.165) is 29.6 Å². The Balaban J connectivity index is 2.07. The first-order chi connectivity index (χ1) is 9.19. The Kier molecular flexibility index (Phi) is 1.82. The Morgan fingerprint density at radius 3 is 3.00 bits per heavy atom.